The van der Waals surface area contributed by atoms with Crippen molar-refractivity contribution in [2.24, 2.45) is 0 Å². The van der Waals surface area contributed by atoms with E-state index in [1.54, 1.807) is 6.92 Å². The predicted octanol–water partition coefficient (Wildman–Crippen LogP) is 3.51. The highest BCUT2D eigenvalue weighted by Crippen LogP contribution is 2.25. The van der Waals surface area contributed by atoms with Gasteiger partial charge in [-0.15, -0.1) is 0 Å². The van der Waals surface area contributed by atoms with E-state index in [2.05, 4.69) is 38.5 Å². The van der Waals surface area contributed by atoms with Gasteiger partial charge in [0.25, 0.3) is 0 Å². The molecule has 0 saturated carbocycles. The van der Waals surface area contributed by atoms with Crippen LogP contribution in [-0.2, 0) is 4.79 Å². The molecule has 3 heteroatoms. The zero-order valence-corrected chi connectivity index (χ0v) is 10.3. The summed E-state index contributed by atoms with van der Waals surface area (Å²) in [6.07, 6.45) is 0. The van der Waals surface area contributed by atoms with Crippen LogP contribution in [0.3, 0.4) is 0 Å². The van der Waals surface area contributed by atoms with Crippen LogP contribution in [0, 0.1) is 0 Å². The van der Waals surface area contributed by atoms with Gasteiger partial charge >= 0.3 is 0 Å². The number of ketones is 1. The zero-order valence-electron chi connectivity index (χ0n) is 6.55. The maximum absolute atomic E-state index is 11.0. The molecular formula is C9H8BrIO. The molecule has 1 rings (SSSR count). The molecule has 1 nitrogen and oxygen atoms in total. The second-order valence-corrected chi connectivity index (χ2v) is 4.69. The number of carbonyl (C=O) groups excluding carboxylic acids is 1. The highest BCUT2D eigenvalue weighted by Gasteiger charge is 2.11. The summed E-state index contributed by atoms with van der Waals surface area (Å²) < 4.78 is 1.02. The molecule has 1 aromatic carbocycles. The molecule has 12 heavy (non-hydrogen) atoms. The lowest BCUT2D eigenvalue weighted by atomic mass is 10.1. The van der Waals surface area contributed by atoms with Gasteiger partial charge in [-0.1, -0.05) is 50.7 Å². The van der Waals surface area contributed by atoms with Gasteiger partial charge in [0.15, 0.2) is 0 Å². The zero-order chi connectivity index (χ0) is 9.14. The molecule has 0 heterocycles. The van der Waals surface area contributed by atoms with Crippen molar-refractivity contribution in [1.29, 1.82) is 0 Å². The minimum absolute atomic E-state index is 0.0179. The third-order valence-electron chi connectivity index (χ3n) is 1.52. The van der Waals surface area contributed by atoms with Crippen molar-refractivity contribution in [2.45, 2.75) is 10.8 Å². The summed E-state index contributed by atoms with van der Waals surface area (Å²) in [5, 5.41) is 0. The molecule has 0 amide bonds. The van der Waals surface area contributed by atoms with Crippen LogP contribution in [0.25, 0.3) is 0 Å². The van der Waals surface area contributed by atoms with E-state index in [0.717, 1.165) is 10.0 Å². The van der Waals surface area contributed by atoms with E-state index in [1.165, 1.54) is 0 Å². The van der Waals surface area contributed by atoms with Gasteiger partial charge in [0, 0.05) is 4.47 Å². The number of benzene rings is 1. The number of hydrogen-bond acceptors (Lipinski definition) is 1. The van der Waals surface area contributed by atoms with E-state index < -0.39 is 0 Å². The molecule has 0 aliphatic rings. The summed E-state index contributed by atoms with van der Waals surface area (Å²) in [6, 6.07) is 7.82. The number of hydrogen-bond donors (Lipinski definition) is 0. The maximum Gasteiger partial charge on any atom is 0.147 e. The lowest BCUT2D eigenvalue weighted by molar-refractivity contribution is -0.116. The van der Waals surface area contributed by atoms with Crippen LogP contribution in [0.4, 0.5) is 0 Å². The second-order valence-electron chi connectivity index (χ2n) is 2.52. The topological polar surface area (TPSA) is 17.1 Å². The lowest BCUT2D eigenvalue weighted by Crippen LogP contribution is -1.99. The second kappa shape index (κ2) is 4.37. The first kappa shape index (κ1) is 10.2. The van der Waals surface area contributed by atoms with Crippen molar-refractivity contribution in [3.8, 4) is 0 Å². The normalized spacial score (nSPS) is 12.6. The first-order valence-corrected chi connectivity index (χ1v) is 5.55. The highest BCUT2D eigenvalue weighted by atomic mass is 127. The highest BCUT2D eigenvalue weighted by molar-refractivity contribution is 14.1. The average molecular weight is 339 g/mol. The van der Waals surface area contributed by atoms with E-state index in [4.69, 9.17) is 0 Å². The summed E-state index contributed by atoms with van der Waals surface area (Å²) in [7, 11) is 0. The summed E-state index contributed by atoms with van der Waals surface area (Å²) in [4.78, 5) is 11.0. The molecule has 0 aromatic heterocycles. The van der Waals surface area contributed by atoms with Gasteiger partial charge in [0.05, 0.1) is 3.92 Å². The molecule has 0 bridgehead atoms. The minimum Gasteiger partial charge on any atom is -0.298 e. The Bertz CT molecular complexity index is 281. The van der Waals surface area contributed by atoms with Crippen LogP contribution in [-0.4, -0.2) is 5.78 Å². The molecule has 0 saturated heterocycles. The van der Waals surface area contributed by atoms with Gasteiger partial charge in [-0.2, -0.15) is 0 Å². The van der Waals surface area contributed by atoms with Crippen molar-refractivity contribution in [3.05, 3.63) is 34.3 Å². The van der Waals surface area contributed by atoms with E-state index in [-0.39, 0.29) is 9.71 Å². The fraction of sp³-hybridized carbons (Fsp3) is 0.222. The minimum atomic E-state index is -0.0179. The Balaban J connectivity index is 2.89. The fourth-order valence-electron chi connectivity index (χ4n) is 0.866. The van der Waals surface area contributed by atoms with Gasteiger partial charge in [-0.25, -0.2) is 0 Å². The first-order chi connectivity index (χ1) is 5.61. The van der Waals surface area contributed by atoms with Crippen LogP contribution < -0.4 is 0 Å². The van der Waals surface area contributed by atoms with Crippen molar-refractivity contribution < 1.29 is 4.79 Å². The number of Topliss-reactive ketones (excluding diaryl/α,β-unsaturated/α-hetero) is 1. The Hall–Kier alpha value is 0.1000. The summed E-state index contributed by atoms with van der Waals surface area (Å²) in [5.74, 6) is 0.193. The molecule has 1 aromatic rings. The Morgan fingerprint density at radius 3 is 2.33 bits per heavy atom. The van der Waals surface area contributed by atoms with Crippen molar-refractivity contribution in [2.75, 3.05) is 0 Å². The summed E-state index contributed by atoms with van der Waals surface area (Å²) in [6.45, 7) is 1.61. The number of alkyl halides is 1. The van der Waals surface area contributed by atoms with Crippen LogP contribution in [0.2, 0.25) is 0 Å². The molecule has 64 valence electrons. The smallest absolute Gasteiger partial charge is 0.147 e. The van der Waals surface area contributed by atoms with Crippen LogP contribution in [0.1, 0.15) is 16.4 Å². The summed E-state index contributed by atoms with van der Waals surface area (Å²) in [5.41, 5.74) is 1.06. The Morgan fingerprint density at radius 1 is 1.42 bits per heavy atom. The maximum atomic E-state index is 11.0. The van der Waals surface area contributed by atoms with E-state index >= 15 is 0 Å². The molecule has 0 fully saturated rings. The first-order valence-electron chi connectivity index (χ1n) is 3.51. The van der Waals surface area contributed by atoms with Gasteiger partial charge in [0.1, 0.15) is 5.78 Å². The monoisotopic (exact) mass is 338 g/mol. The largest absolute Gasteiger partial charge is 0.298 e. The Kier molecular flexibility index (Phi) is 3.71. The van der Waals surface area contributed by atoms with E-state index in [0.29, 0.717) is 0 Å². The molecule has 0 aliphatic heterocycles. The van der Waals surface area contributed by atoms with E-state index in [1.807, 2.05) is 24.3 Å². The van der Waals surface area contributed by atoms with Gasteiger partial charge in [-0.3, -0.25) is 4.79 Å². The van der Waals surface area contributed by atoms with Gasteiger partial charge in [0.2, 0.25) is 0 Å². The van der Waals surface area contributed by atoms with Crippen LogP contribution in [0.5, 0.6) is 0 Å². The molecule has 1 unspecified atom stereocenters. The Labute approximate surface area is 93.8 Å². The Morgan fingerprint density at radius 2 is 1.92 bits per heavy atom. The molecular weight excluding hydrogens is 331 g/mol. The van der Waals surface area contributed by atoms with Crippen molar-refractivity contribution >= 4 is 44.3 Å². The van der Waals surface area contributed by atoms with Gasteiger partial charge in [-0.05, 0) is 24.6 Å². The van der Waals surface area contributed by atoms with E-state index in [9.17, 15) is 4.79 Å². The molecule has 0 N–H and O–H groups in total. The average Bonchev–Trinajstić information content (AvgIpc) is 2.04. The lowest BCUT2D eigenvalue weighted by Gasteiger charge is -2.05. The molecule has 1 atom stereocenters. The fourth-order valence-corrected chi connectivity index (χ4v) is 1.55. The molecule has 0 radical (unpaired) electrons. The predicted molar refractivity (Wildman–Crippen MR) is 61.6 cm³/mol. The number of halogens is 2. The van der Waals surface area contributed by atoms with Gasteiger partial charge < -0.3 is 0 Å². The van der Waals surface area contributed by atoms with Crippen LogP contribution >= 0.6 is 38.5 Å². The van der Waals surface area contributed by atoms with Crippen molar-refractivity contribution in [3.63, 3.8) is 0 Å². The number of rotatable bonds is 2. The van der Waals surface area contributed by atoms with Crippen LogP contribution in [0.15, 0.2) is 28.7 Å². The standard InChI is InChI=1S/C9H8BrIO/c1-6(12)9(11)7-2-4-8(10)5-3-7/h2-5,9H,1H3. The SMILES string of the molecule is CC(=O)C(I)c1ccc(Br)cc1. The summed E-state index contributed by atoms with van der Waals surface area (Å²) >= 11 is 5.49. The number of carbonyl (C=O) groups is 1. The quantitative estimate of drug-likeness (QED) is 0.595. The molecule has 0 spiro atoms. The van der Waals surface area contributed by atoms with Crippen molar-refractivity contribution in [1.82, 2.24) is 0 Å². The molecule has 0 aliphatic carbocycles. The third-order valence-corrected chi connectivity index (χ3v) is 3.64. The third kappa shape index (κ3) is 2.55.